The first-order valence-corrected chi connectivity index (χ1v) is 25.6. The predicted octanol–water partition coefficient (Wildman–Crippen LogP) is 11.1. The highest BCUT2D eigenvalue weighted by molar-refractivity contribution is 6.31. The lowest BCUT2D eigenvalue weighted by molar-refractivity contribution is -0.192. The van der Waals surface area contributed by atoms with Crippen molar-refractivity contribution < 1.29 is 41.9 Å². The molecule has 3 aromatic rings. The van der Waals surface area contributed by atoms with Gasteiger partial charge in [-0.2, -0.15) is 13.2 Å². The summed E-state index contributed by atoms with van der Waals surface area (Å²) >= 11 is 7.05. The molecule has 4 atom stereocenters. The van der Waals surface area contributed by atoms with E-state index in [1.54, 1.807) is 30.9 Å². The molecule has 2 aliphatic carbocycles. The Balaban J connectivity index is 1.35. The number of hydrogen-bond acceptors (Lipinski definition) is 6. The Bertz CT molecular complexity index is 2200. The Morgan fingerprint density at radius 2 is 1.26 bits per heavy atom. The molecule has 10 nitrogen and oxygen atoms in total. The third-order valence-corrected chi connectivity index (χ3v) is 15.4. The molecule has 0 radical (unpaired) electrons. The number of alkyl halides is 3. The van der Waals surface area contributed by atoms with Crippen molar-refractivity contribution in [1.82, 2.24) is 20.0 Å². The van der Waals surface area contributed by atoms with E-state index >= 15 is 0 Å². The van der Waals surface area contributed by atoms with Gasteiger partial charge in [0, 0.05) is 48.9 Å². The number of halogens is 4. The van der Waals surface area contributed by atoms with E-state index in [0.717, 1.165) is 69.7 Å². The summed E-state index contributed by atoms with van der Waals surface area (Å²) in [7, 11) is 2.32. The molecule has 3 aromatic carbocycles. The molecule has 0 aromatic heterocycles. The molecule has 14 heteroatoms. The van der Waals surface area contributed by atoms with Crippen LogP contribution in [0.5, 0.6) is 0 Å². The number of esters is 1. The van der Waals surface area contributed by atoms with Crippen molar-refractivity contribution in [3.05, 3.63) is 106 Å². The summed E-state index contributed by atoms with van der Waals surface area (Å²) in [5, 5.41) is 3.16. The summed E-state index contributed by atoms with van der Waals surface area (Å²) in [6.07, 6.45) is 9.12. The van der Waals surface area contributed by atoms with Crippen LogP contribution in [0.3, 0.4) is 0 Å². The maximum Gasteiger partial charge on any atom is 0.471 e. The fourth-order valence-electron chi connectivity index (χ4n) is 11.2. The van der Waals surface area contributed by atoms with Crippen molar-refractivity contribution in [2.75, 3.05) is 27.2 Å². The Hall–Kier alpha value is -4.91. The molecule has 1 aliphatic heterocycles. The highest BCUT2D eigenvalue weighted by atomic mass is 35.5. The first kappa shape index (κ1) is 53.4. The molecule has 376 valence electrons. The average molecular weight is 978 g/mol. The summed E-state index contributed by atoms with van der Waals surface area (Å²) in [5.41, 5.74) is -0.607. The number of hydrogen-bond donors (Lipinski definition) is 1. The van der Waals surface area contributed by atoms with E-state index in [4.69, 9.17) is 16.3 Å². The van der Waals surface area contributed by atoms with Crippen LogP contribution in [0.4, 0.5) is 13.2 Å². The van der Waals surface area contributed by atoms with Crippen molar-refractivity contribution in [1.29, 1.82) is 0 Å². The second kappa shape index (κ2) is 23.8. The van der Waals surface area contributed by atoms with E-state index < -0.39 is 71.3 Å². The minimum atomic E-state index is -5.24. The number of amides is 4. The number of likely N-dealkylation sites (N-methyl/N-ethyl adjacent to an activating group) is 2. The molecule has 3 fully saturated rings. The molecule has 4 amide bonds. The second-order valence-electron chi connectivity index (χ2n) is 20.3. The van der Waals surface area contributed by atoms with Crippen LogP contribution in [-0.2, 0) is 34.3 Å². The van der Waals surface area contributed by atoms with E-state index in [0.29, 0.717) is 58.5 Å². The van der Waals surface area contributed by atoms with Crippen molar-refractivity contribution in [3.8, 4) is 0 Å². The second-order valence-corrected chi connectivity index (χ2v) is 20.7. The highest BCUT2D eigenvalue weighted by Gasteiger charge is 2.53. The van der Waals surface area contributed by atoms with Crippen LogP contribution in [0.25, 0.3) is 0 Å². The van der Waals surface area contributed by atoms with Gasteiger partial charge in [0.05, 0.1) is 6.42 Å². The lowest BCUT2D eigenvalue weighted by atomic mass is 9.78. The quantitative estimate of drug-likeness (QED) is 0.113. The monoisotopic (exact) mass is 977 g/mol. The largest absolute Gasteiger partial charge is 0.471 e. The van der Waals surface area contributed by atoms with Gasteiger partial charge in [0.2, 0.25) is 17.7 Å². The minimum Gasteiger partial charge on any atom is -0.444 e. The number of nitrogens with one attached hydrogen (secondary N) is 1. The molecule has 0 bridgehead atoms. The zero-order valence-corrected chi connectivity index (χ0v) is 41.9. The average Bonchev–Trinajstić information content (AvgIpc) is 3.92. The number of ether oxygens (including phenoxy) is 1. The smallest absolute Gasteiger partial charge is 0.444 e. The van der Waals surface area contributed by atoms with Gasteiger partial charge in [-0.25, -0.2) is 0 Å². The van der Waals surface area contributed by atoms with Gasteiger partial charge in [0.25, 0.3) is 0 Å². The van der Waals surface area contributed by atoms with E-state index in [1.807, 2.05) is 54.6 Å². The predicted molar refractivity (Wildman–Crippen MR) is 262 cm³/mol. The van der Waals surface area contributed by atoms with Gasteiger partial charge < -0.3 is 24.8 Å². The van der Waals surface area contributed by atoms with Crippen LogP contribution < -0.4 is 5.32 Å². The van der Waals surface area contributed by atoms with Gasteiger partial charge in [-0.1, -0.05) is 169 Å². The van der Waals surface area contributed by atoms with Gasteiger partial charge >= 0.3 is 18.1 Å². The van der Waals surface area contributed by atoms with E-state index in [2.05, 4.69) is 17.4 Å². The summed E-state index contributed by atoms with van der Waals surface area (Å²) in [4.78, 5) is 74.9. The standard InChI is InChI=1S/C55H72ClF3N4O6/c1-38(2)48(61(4)51(67)53(3,37-39-22-12-10-13-23-39)62(5)52(68)55(57,58)59)49(65)60-46(50(66)63-34-20-21-35-63)36-47(64)69-54(42-26-16-11-17-27-42,44-28-18-19-29-45(44)56)43-32-30-41(31-33-43)40-24-14-8-6-7-9-15-25-40/h11,16-19,26-33,38-40,46,48H,6-10,12-15,20-25,34-37H2,1-5H3,(H,60,65)/t46-,48-,53-,54?/m0/s1. The molecule has 1 heterocycles. The fraction of sp³-hybridized carbons (Fsp3) is 0.582. The zero-order chi connectivity index (χ0) is 49.9. The van der Waals surface area contributed by atoms with Gasteiger partial charge in [0.15, 0.2) is 5.60 Å². The van der Waals surface area contributed by atoms with Crippen molar-refractivity contribution >= 4 is 41.2 Å². The minimum absolute atomic E-state index is 0.0270. The van der Waals surface area contributed by atoms with Crippen LogP contribution in [-0.4, -0.2) is 95.3 Å². The van der Waals surface area contributed by atoms with Crippen molar-refractivity contribution in [3.63, 3.8) is 0 Å². The molecule has 2 saturated carbocycles. The van der Waals surface area contributed by atoms with Crippen molar-refractivity contribution in [2.45, 2.75) is 165 Å². The Morgan fingerprint density at radius 3 is 1.84 bits per heavy atom. The van der Waals surface area contributed by atoms with E-state index in [9.17, 15) is 37.1 Å². The van der Waals surface area contributed by atoms with Gasteiger partial charge in [-0.3, -0.25) is 24.0 Å². The normalized spacial score (nSPS) is 19.2. The maximum atomic E-state index is 14.9. The number of benzene rings is 3. The maximum absolute atomic E-state index is 14.9. The summed E-state index contributed by atoms with van der Waals surface area (Å²) < 4.78 is 48.8. The van der Waals surface area contributed by atoms with Crippen LogP contribution >= 0.6 is 11.6 Å². The van der Waals surface area contributed by atoms with Crippen LogP contribution in [0, 0.1) is 11.8 Å². The third-order valence-electron chi connectivity index (χ3n) is 15.0. The topological polar surface area (TPSA) is 116 Å². The number of rotatable bonds is 16. The van der Waals surface area contributed by atoms with Crippen molar-refractivity contribution in [2.24, 2.45) is 11.8 Å². The van der Waals surface area contributed by atoms with Gasteiger partial charge in [-0.05, 0) is 68.4 Å². The number of nitrogens with zero attached hydrogens (tertiary/aromatic N) is 3. The lowest BCUT2D eigenvalue weighted by Gasteiger charge is -2.44. The van der Waals surface area contributed by atoms with Gasteiger partial charge in [0.1, 0.15) is 17.6 Å². The first-order chi connectivity index (χ1) is 32.9. The molecule has 0 spiro atoms. The summed E-state index contributed by atoms with van der Waals surface area (Å²) in [6.45, 7) is 5.52. The van der Waals surface area contributed by atoms with E-state index in [-0.39, 0.29) is 12.3 Å². The number of likely N-dealkylation sites (tertiary alicyclic amines) is 1. The fourth-order valence-corrected chi connectivity index (χ4v) is 11.5. The molecule has 6 rings (SSSR count). The Kier molecular flexibility index (Phi) is 18.4. The summed E-state index contributed by atoms with van der Waals surface area (Å²) in [6, 6.07) is 21.9. The lowest BCUT2D eigenvalue weighted by Crippen LogP contribution is -2.64. The van der Waals surface area contributed by atoms with Crippen LogP contribution in [0.2, 0.25) is 5.02 Å². The summed E-state index contributed by atoms with van der Waals surface area (Å²) in [5.74, 6) is -5.44. The molecule has 69 heavy (non-hydrogen) atoms. The molecule has 1 N–H and O–H groups in total. The Labute approximate surface area is 412 Å². The molecule has 1 unspecified atom stereocenters. The molecular formula is C55H72ClF3N4O6. The molecular weight excluding hydrogens is 905 g/mol. The van der Waals surface area contributed by atoms with Crippen LogP contribution in [0.15, 0.2) is 78.9 Å². The zero-order valence-electron chi connectivity index (χ0n) is 41.1. The van der Waals surface area contributed by atoms with Crippen LogP contribution in [0.1, 0.15) is 158 Å². The first-order valence-electron chi connectivity index (χ1n) is 25.2. The number of carbonyl (C=O) groups is 5. The third kappa shape index (κ3) is 12.7. The SMILES string of the molecule is CC(C)[C@@H](C(=O)N[C@@H](CC(=O)OC(c1ccccc1)(c1ccc(C2CCCCCCCC2)cc1)c1ccccc1Cl)C(=O)N1CCCC1)N(C)C(=O)[C@](C)(CC1CCCCC1)N(C)C(=O)C(F)(F)F. The molecule has 1 saturated heterocycles. The number of carbonyl (C=O) groups excluding carboxylic acids is 5. The molecule has 3 aliphatic rings. The van der Waals surface area contributed by atoms with Gasteiger partial charge in [-0.15, -0.1) is 0 Å². The highest BCUT2D eigenvalue weighted by Crippen LogP contribution is 2.45. The van der Waals surface area contributed by atoms with E-state index in [1.165, 1.54) is 45.2 Å². The Morgan fingerprint density at radius 1 is 0.725 bits per heavy atom.